The molecule has 0 spiro atoms. The minimum absolute atomic E-state index is 0.00446. The minimum atomic E-state index is -4.21. The number of carbonyl (C=O) groups excluding carboxylic acids is 3. The molecule has 0 atom stereocenters. The van der Waals surface area contributed by atoms with Crippen LogP contribution in [0.25, 0.3) is 0 Å². The van der Waals surface area contributed by atoms with Crippen LogP contribution < -0.4 is 14.4 Å². The molecule has 3 aromatic carbocycles. The van der Waals surface area contributed by atoms with Crippen molar-refractivity contribution < 1.29 is 37.0 Å². The molecule has 0 bridgehead atoms. The molecule has 0 aliphatic rings. The summed E-state index contributed by atoms with van der Waals surface area (Å²) in [5.41, 5.74) is 1.85. The number of esters is 2. The third-order valence-electron chi connectivity index (χ3n) is 5.56. The molecule has 0 saturated carbocycles. The number of nitrogens with zero attached hydrogens (tertiary/aromatic N) is 1. The van der Waals surface area contributed by atoms with Crippen molar-refractivity contribution in [2.24, 2.45) is 0 Å². The summed E-state index contributed by atoms with van der Waals surface area (Å²) in [7, 11) is -0.464. The van der Waals surface area contributed by atoms with Gasteiger partial charge in [-0.2, -0.15) is 0 Å². The first-order chi connectivity index (χ1) is 18.0. The Labute approximate surface area is 221 Å². The van der Waals surface area contributed by atoms with E-state index in [9.17, 15) is 22.8 Å². The van der Waals surface area contributed by atoms with Gasteiger partial charge in [-0.25, -0.2) is 18.0 Å². The molecular weight excluding hydrogens is 512 g/mol. The number of nitrogens with one attached hydrogen (secondary N) is 1. The molecule has 200 valence electrons. The normalized spacial score (nSPS) is 10.9. The van der Waals surface area contributed by atoms with Crippen LogP contribution in [0.15, 0.2) is 65.6 Å². The molecule has 0 aliphatic heterocycles. The molecule has 0 saturated heterocycles. The fourth-order valence-corrected chi connectivity index (χ4v) is 5.06. The molecule has 38 heavy (non-hydrogen) atoms. The maximum atomic E-state index is 13.7. The van der Waals surface area contributed by atoms with E-state index in [4.69, 9.17) is 14.2 Å². The first-order valence-corrected chi connectivity index (χ1v) is 12.8. The van der Waals surface area contributed by atoms with Crippen molar-refractivity contribution >= 4 is 39.2 Å². The zero-order valence-electron chi connectivity index (χ0n) is 21.6. The van der Waals surface area contributed by atoms with Crippen molar-refractivity contribution in [2.75, 3.05) is 37.5 Å². The van der Waals surface area contributed by atoms with Crippen LogP contribution in [0.1, 0.15) is 31.8 Å². The molecule has 3 rings (SSSR count). The van der Waals surface area contributed by atoms with Gasteiger partial charge in [0.1, 0.15) is 12.3 Å². The van der Waals surface area contributed by atoms with Gasteiger partial charge in [0.2, 0.25) is 5.91 Å². The summed E-state index contributed by atoms with van der Waals surface area (Å²) < 4.78 is 43.3. The first-order valence-electron chi connectivity index (χ1n) is 11.4. The van der Waals surface area contributed by atoms with Crippen molar-refractivity contribution in [3.63, 3.8) is 0 Å². The van der Waals surface area contributed by atoms with E-state index < -0.39 is 34.4 Å². The van der Waals surface area contributed by atoms with Gasteiger partial charge in [0.05, 0.1) is 43.0 Å². The van der Waals surface area contributed by atoms with Crippen LogP contribution in [-0.4, -0.2) is 54.1 Å². The lowest BCUT2D eigenvalue weighted by Crippen LogP contribution is -2.38. The summed E-state index contributed by atoms with van der Waals surface area (Å²) in [4.78, 5) is 37.4. The third kappa shape index (κ3) is 6.30. The van der Waals surface area contributed by atoms with Crippen LogP contribution in [0.2, 0.25) is 0 Å². The van der Waals surface area contributed by atoms with Crippen LogP contribution in [0.3, 0.4) is 0 Å². The van der Waals surface area contributed by atoms with Crippen LogP contribution >= 0.6 is 0 Å². The van der Waals surface area contributed by atoms with E-state index in [1.807, 2.05) is 6.92 Å². The molecule has 1 amide bonds. The molecule has 3 aromatic rings. The fourth-order valence-electron chi connectivity index (χ4n) is 3.63. The average molecular weight is 541 g/mol. The fraction of sp³-hybridized carbons (Fsp3) is 0.222. The molecule has 11 heteroatoms. The average Bonchev–Trinajstić information content (AvgIpc) is 2.90. The number of hydrogen-bond donors (Lipinski definition) is 1. The molecule has 10 nitrogen and oxygen atoms in total. The Hall–Kier alpha value is -4.38. The Morgan fingerprint density at radius 1 is 0.789 bits per heavy atom. The second-order valence-corrected chi connectivity index (χ2v) is 10.2. The van der Waals surface area contributed by atoms with Crippen LogP contribution in [-0.2, 0) is 24.3 Å². The number of methoxy groups -OCH3 is 3. The van der Waals surface area contributed by atoms with Gasteiger partial charge < -0.3 is 19.5 Å². The number of amides is 1. The Morgan fingerprint density at radius 2 is 1.34 bits per heavy atom. The highest BCUT2D eigenvalue weighted by Crippen LogP contribution is 2.33. The Bertz CT molecular complexity index is 1430. The Balaban J connectivity index is 2.05. The largest absolute Gasteiger partial charge is 0.495 e. The topological polar surface area (TPSA) is 128 Å². The molecule has 0 unspecified atom stereocenters. The van der Waals surface area contributed by atoms with E-state index in [-0.39, 0.29) is 33.1 Å². The second-order valence-electron chi connectivity index (χ2n) is 8.33. The number of carbonyl (C=O) groups is 3. The number of rotatable bonds is 9. The van der Waals surface area contributed by atoms with E-state index in [1.54, 1.807) is 37.3 Å². The quantitative estimate of drug-likeness (QED) is 0.407. The van der Waals surface area contributed by atoms with E-state index in [0.29, 0.717) is 0 Å². The summed E-state index contributed by atoms with van der Waals surface area (Å²) in [5, 5.41) is 2.56. The van der Waals surface area contributed by atoms with Crippen molar-refractivity contribution in [1.29, 1.82) is 0 Å². The first kappa shape index (κ1) is 28.2. The minimum Gasteiger partial charge on any atom is -0.495 e. The van der Waals surface area contributed by atoms with E-state index in [2.05, 4.69) is 5.32 Å². The van der Waals surface area contributed by atoms with Crippen LogP contribution in [0, 0.1) is 13.8 Å². The number of hydrogen-bond acceptors (Lipinski definition) is 8. The van der Waals surface area contributed by atoms with Crippen LogP contribution in [0.4, 0.5) is 11.4 Å². The Morgan fingerprint density at radius 3 is 1.87 bits per heavy atom. The van der Waals surface area contributed by atoms with E-state index in [1.165, 1.54) is 51.7 Å². The van der Waals surface area contributed by atoms with Gasteiger partial charge in [0, 0.05) is 5.69 Å². The van der Waals surface area contributed by atoms with Gasteiger partial charge in [0.25, 0.3) is 10.0 Å². The standard InChI is InChI=1S/C27H28N2O8S/c1-17-6-9-22(10-7-17)38(33,34)29(23-12-18(2)8-11-24(23)35-3)16-25(30)28-21-14-19(26(31)36-4)13-20(15-21)27(32)37-5/h6-15H,16H2,1-5H3,(H,28,30). The summed E-state index contributed by atoms with van der Waals surface area (Å²) in [6.07, 6.45) is 0. The molecule has 0 fully saturated rings. The van der Waals surface area contributed by atoms with Crippen LogP contribution in [0.5, 0.6) is 5.75 Å². The van der Waals surface area contributed by atoms with Gasteiger partial charge in [-0.1, -0.05) is 23.8 Å². The number of anilines is 2. The predicted molar refractivity (Wildman–Crippen MR) is 141 cm³/mol. The molecule has 0 radical (unpaired) electrons. The van der Waals surface area contributed by atoms with Crippen molar-refractivity contribution in [3.05, 3.63) is 82.9 Å². The number of aryl methyl sites for hydroxylation is 2. The van der Waals surface area contributed by atoms with Gasteiger partial charge in [0.15, 0.2) is 0 Å². The van der Waals surface area contributed by atoms with Gasteiger partial charge in [-0.05, 0) is 61.9 Å². The van der Waals surface area contributed by atoms with E-state index >= 15 is 0 Å². The molecule has 1 N–H and O–H groups in total. The highest BCUT2D eigenvalue weighted by Gasteiger charge is 2.30. The maximum Gasteiger partial charge on any atom is 0.337 e. The molecule has 0 heterocycles. The predicted octanol–water partition coefficient (Wildman–Crippen LogP) is 3.72. The summed E-state index contributed by atoms with van der Waals surface area (Å²) in [5.74, 6) is -1.96. The van der Waals surface area contributed by atoms with Crippen molar-refractivity contribution in [2.45, 2.75) is 18.7 Å². The smallest absolute Gasteiger partial charge is 0.337 e. The molecule has 0 aliphatic carbocycles. The monoisotopic (exact) mass is 540 g/mol. The Kier molecular flexibility index (Phi) is 8.74. The maximum absolute atomic E-state index is 13.7. The van der Waals surface area contributed by atoms with Gasteiger partial charge in [-0.15, -0.1) is 0 Å². The second kappa shape index (κ2) is 11.8. The van der Waals surface area contributed by atoms with Gasteiger partial charge >= 0.3 is 11.9 Å². The van der Waals surface area contributed by atoms with Gasteiger partial charge in [-0.3, -0.25) is 9.10 Å². The number of ether oxygens (including phenoxy) is 3. The zero-order valence-corrected chi connectivity index (χ0v) is 22.4. The third-order valence-corrected chi connectivity index (χ3v) is 7.33. The lowest BCUT2D eigenvalue weighted by Gasteiger charge is -2.26. The summed E-state index contributed by atoms with van der Waals surface area (Å²) in [6.45, 7) is 2.98. The SMILES string of the molecule is COC(=O)c1cc(NC(=O)CN(c2cc(C)ccc2OC)S(=O)(=O)c2ccc(C)cc2)cc(C(=O)OC)c1. The highest BCUT2D eigenvalue weighted by atomic mass is 32.2. The van der Waals surface area contributed by atoms with Crippen molar-refractivity contribution in [1.82, 2.24) is 0 Å². The summed E-state index contributed by atoms with van der Waals surface area (Å²) in [6, 6.07) is 15.1. The van der Waals surface area contributed by atoms with E-state index in [0.717, 1.165) is 15.4 Å². The number of sulfonamides is 1. The number of benzene rings is 3. The zero-order chi connectivity index (χ0) is 28.0. The lowest BCUT2D eigenvalue weighted by atomic mass is 10.1. The summed E-state index contributed by atoms with van der Waals surface area (Å²) >= 11 is 0. The van der Waals surface area contributed by atoms with Crippen molar-refractivity contribution in [3.8, 4) is 5.75 Å². The highest BCUT2D eigenvalue weighted by molar-refractivity contribution is 7.92. The molecule has 0 aromatic heterocycles. The molecular formula is C27H28N2O8S. The lowest BCUT2D eigenvalue weighted by molar-refractivity contribution is -0.114.